The molecule has 1 aliphatic rings. The summed E-state index contributed by atoms with van der Waals surface area (Å²) >= 11 is 5.82. The van der Waals surface area contributed by atoms with Gasteiger partial charge in [-0.25, -0.2) is 5.43 Å². The van der Waals surface area contributed by atoms with Crippen molar-refractivity contribution < 1.29 is 0 Å². The molecule has 1 aliphatic carbocycles. The van der Waals surface area contributed by atoms with Crippen LogP contribution in [0.15, 0.2) is 30.0 Å². The highest BCUT2D eigenvalue weighted by atomic mass is 35.5. The molecule has 1 aromatic rings. The lowest BCUT2D eigenvalue weighted by molar-refractivity contribution is 0.555. The number of pyridine rings is 1. The third kappa shape index (κ3) is 2.61. The number of nitrogens with zero attached hydrogens (tertiary/aromatic N) is 1. The Kier molecular flexibility index (Phi) is 3.93. The van der Waals surface area contributed by atoms with Gasteiger partial charge in [0.05, 0.1) is 16.8 Å². The second kappa shape index (κ2) is 5.43. The van der Waals surface area contributed by atoms with Crippen molar-refractivity contribution in [3.8, 4) is 0 Å². The molecular weight excluding hydrogens is 222 g/mol. The first-order chi connectivity index (χ1) is 7.81. The van der Waals surface area contributed by atoms with Crippen molar-refractivity contribution in [2.45, 2.75) is 31.7 Å². The monoisotopic (exact) mass is 237 g/mol. The van der Waals surface area contributed by atoms with E-state index in [1.165, 1.54) is 18.4 Å². The second-order valence-corrected chi connectivity index (χ2v) is 4.46. The van der Waals surface area contributed by atoms with Crippen LogP contribution in [0.25, 0.3) is 0 Å². The maximum absolute atomic E-state index is 5.82. The minimum atomic E-state index is 0.0255. The molecule has 1 unspecified atom stereocenters. The standard InChI is InChI=1S/C12H16ClN3/c13-10-6-7-11(15-8-10)12(16-14)9-4-2-1-3-5-9/h4,6-8,12,16H,1-3,5,14H2. The molecule has 2 rings (SSSR count). The first kappa shape index (κ1) is 11.6. The molecule has 0 amide bonds. The molecule has 0 aromatic carbocycles. The topological polar surface area (TPSA) is 50.9 Å². The predicted molar refractivity (Wildman–Crippen MR) is 65.9 cm³/mol. The number of nitrogens with one attached hydrogen (secondary N) is 1. The maximum atomic E-state index is 5.82. The Balaban J connectivity index is 2.21. The largest absolute Gasteiger partial charge is 0.271 e. The van der Waals surface area contributed by atoms with Crippen LogP contribution in [-0.2, 0) is 0 Å². The Morgan fingerprint density at radius 2 is 2.25 bits per heavy atom. The van der Waals surface area contributed by atoms with Gasteiger partial charge in [0.15, 0.2) is 0 Å². The van der Waals surface area contributed by atoms with Gasteiger partial charge in [-0.3, -0.25) is 10.8 Å². The zero-order valence-electron chi connectivity index (χ0n) is 9.12. The van der Waals surface area contributed by atoms with Crippen LogP contribution >= 0.6 is 11.6 Å². The smallest absolute Gasteiger partial charge is 0.0841 e. The number of hydrogen-bond donors (Lipinski definition) is 2. The lowest BCUT2D eigenvalue weighted by Crippen LogP contribution is -2.30. The van der Waals surface area contributed by atoms with Crippen molar-refractivity contribution in [3.63, 3.8) is 0 Å². The number of rotatable bonds is 3. The predicted octanol–water partition coefficient (Wildman–Crippen LogP) is 2.74. The highest BCUT2D eigenvalue weighted by Gasteiger charge is 2.17. The molecule has 0 fully saturated rings. The highest BCUT2D eigenvalue weighted by molar-refractivity contribution is 6.30. The molecule has 0 bridgehead atoms. The number of hydrogen-bond acceptors (Lipinski definition) is 3. The molecule has 0 saturated carbocycles. The van der Waals surface area contributed by atoms with E-state index in [2.05, 4.69) is 16.5 Å². The Morgan fingerprint density at radius 1 is 1.38 bits per heavy atom. The fourth-order valence-corrected chi connectivity index (χ4v) is 2.18. The zero-order valence-corrected chi connectivity index (χ0v) is 9.87. The van der Waals surface area contributed by atoms with E-state index in [-0.39, 0.29) is 6.04 Å². The fraction of sp³-hybridized carbons (Fsp3) is 0.417. The molecule has 0 spiro atoms. The van der Waals surface area contributed by atoms with Crippen molar-refractivity contribution in [2.75, 3.05) is 0 Å². The molecular formula is C12H16ClN3. The Morgan fingerprint density at radius 3 is 2.81 bits per heavy atom. The van der Waals surface area contributed by atoms with E-state index >= 15 is 0 Å². The highest BCUT2D eigenvalue weighted by Crippen LogP contribution is 2.28. The SMILES string of the molecule is NNC(C1=CCCCC1)c1ccc(Cl)cn1. The van der Waals surface area contributed by atoms with Crippen LogP contribution in [0, 0.1) is 0 Å². The Bertz CT molecular complexity index is 372. The first-order valence-corrected chi connectivity index (χ1v) is 5.95. The van der Waals surface area contributed by atoms with Crippen LogP contribution in [0.5, 0.6) is 0 Å². The van der Waals surface area contributed by atoms with Crippen molar-refractivity contribution in [1.29, 1.82) is 0 Å². The van der Waals surface area contributed by atoms with E-state index in [0.717, 1.165) is 18.5 Å². The van der Waals surface area contributed by atoms with Gasteiger partial charge in [0, 0.05) is 6.20 Å². The minimum Gasteiger partial charge on any atom is -0.271 e. The summed E-state index contributed by atoms with van der Waals surface area (Å²) in [5, 5.41) is 0.650. The summed E-state index contributed by atoms with van der Waals surface area (Å²) in [7, 11) is 0. The van der Waals surface area contributed by atoms with Gasteiger partial charge in [-0.1, -0.05) is 23.3 Å². The van der Waals surface area contributed by atoms with Gasteiger partial charge in [-0.05, 0) is 37.8 Å². The van der Waals surface area contributed by atoms with Crippen LogP contribution in [0.1, 0.15) is 37.4 Å². The quantitative estimate of drug-likeness (QED) is 0.483. The van der Waals surface area contributed by atoms with Gasteiger partial charge in [0.25, 0.3) is 0 Å². The van der Waals surface area contributed by atoms with Crippen molar-refractivity contribution >= 4 is 11.6 Å². The molecule has 0 saturated heterocycles. The van der Waals surface area contributed by atoms with Gasteiger partial charge in [-0.15, -0.1) is 0 Å². The third-order valence-corrected chi connectivity index (χ3v) is 3.13. The molecule has 86 valence electrons. The summed E-state index contributed by atoms with van der Waals surface area (Å²) in [4.78, 5) is 4.31. The lowest BCUT2D eigenvalue weighted by atomic mass is 9.92. The number of hydrazine groups is 1. The Labute approximate surface area is 101 Å². The van der Waals surface area contributed by atoms with Gasteiger partial charge in [0.1, 0.15) is 0 Å². The normalized spacial score (nSPS) is 18.0. The number of nitrogens with two attached hydrogens (primary N) is 1. The van der Waals surface area contributed by atoms with Crippen LogP contribution < -0.4 is 11.3 Å². The van der Waals surface area contributed by atoms with E-state index in [1.807, 2.05) is 12.1 Å². The molecule has 4 heteroatoms. The molecule has 1 aromatic heterocycles. The van der Waals surface area contributed by atoms with Gasteiger partial charge in [-0.2, -0.15) is 0 Å². The van der Waals surface area contributed by atoms with Gasteiger partial charge < -0.3 is 0 Å². The summed E-state index contributed by atoms with van der Waals surface area (Å²) in [6.07, 6.45) is 8.67. The van der Waals surface area contributed by atoms with Crippen LogP contribution in [-0.4, -0.2) is 4.98 Å². The lowest BCUT2D eigenvalue weighted by Gasteiger charge is -2.22. The fourth-order valence-electron chi connectivity index (χ4n) is 2.07. The third-order valence-electron chi connectivity index (χ3n) is 2.91. The number of allylic oxidation sites excluding steroid dienone is 1. The van der Waals surface area contributed by atoms with E-state index < -0.39 is 0 Å². The van der Waals surface area contributed by atoms with Crippen LogP contribution in [0.2, 0.25) is 5.02 Å². The molecule has 3 N–H and O–H groups in total. The minimum absolute atomic E-state index is 0.0255. The van der Waals surface area contributed by atoms with Crippen molar-refractivity contribution in [1.82, 2.24) is 10.4 Å². The van der Waals surface area contributed by atoms with Crippen molar-refractivity contribution in [2.24, 2.45) is 5.84 Å². The summed E-state index contributed by atoms with van der Waals surface area (Å²) < 4.78 is 0. The van der Waals surface area contributed by atoms with Gasteiger partial charge in [0.2, 0.25) is 0 Å². The molecule has 1 heterocycles. The summed E-state index contributed by atoms with van der Waals surface area (Å²) in [6.45, 7) is 0. The number of halogens is 1. The first-order valence-electron chi connectivity index (χ1n) is 5.58. The average Bonchev–Trinajstić information content (AvgIpc) is 2.34. The Hall–Kier alpha value is -0.900. The van der Waals surface area contributed by atoms with Gasteiger partial charge >= 0.3 is 0 Å². The van der Waals surface area contributed by atoms with E-state index in [0.29, 0.717) is 5.02 Å². The molecule has 16 heavy (non-hydrogen) atoms. The van der Waals surface area contributed by atoms with E-state index in [9.17, 15) is 0 Å². The van der Waals surface area contributed by atoms with E-state index in [4.69, 9.17) is 17.4 Å². The molecule has 0 radical (unpaired) electrons. The van der Waals surface area contributed by atoms with E-state index in [1.54, 1.807) is 6.20 Å². The maximum Gasteiger partial charge on any atom is 0.0841 e. The zero-order chi connectivity index (χ0) is 11.4. The van der Waals surface area contributed by atoms with Crippen LogP contribution in [0.4, 0.5) is 0 Å². The molecule has 1 atom stereocenters. The van der Waals surface area contributed by atoms with Crippen molar-refractivity contribution in [3.05, 3.63) is 40.7 Å². The van der Waals surface area contributed by atoms with Crippen LogP contribution in [0.3, 0.4) is 0 Å². The molecule has 0 aliphatic heterocycles. The molecule has 3 nitrogen and oxygen atoms in total. The summed E-state index contributed by atoms with van der Waals surface area (Å²) in [6, 6.07) is 3.79. The second-order valence-electron chi connectivity index (χ2n) is 4.03. The number of aromatic nitrogens is 1. The average molecular weight is 238 g/mol. The summed E-state index contributed by atoms with van der Waals surface area (Å²) in [5.41, 5.74) is 5.10. The summed E-state index contributed by atoms with van der Waals surface area (Å²) in [5.74, 6) is 5.61.